The fourth-order valence-electron chi connectivity index (χ4n) is 5.60. The van der Waals surface area contributed by atoms with E-state index in [1.54, 1.807) is 11.1 Å². The fourth-order valence-corrected chi connectivity index (χ4v) is 5.60. The van der Waals surface area contributed by atoms with Crippen molar-refractivity contribution in [3.8, 4) is 0 Å². The lowest BCUT2D eigenvalue weighted by atomic mass is 9.66. The second kappa shape index (κ2) is 5.32. The summed E-state index contributed by atoms with van der Waals surface area (Å²) in [5.74, 6) is 0. The zero-order valence-electron chi connectivity index (χ0n) is 15.5. The minimum Gasteiger partial charge on any atom is -0.300 e. The molecule has 2 aromatic carbocycles. The maximum Gasteiger partial charge on any atom is 0.0158 e. The van der Waals surface area contributed by atoms with Crippen LogP contribution in [0.3, 0.4) is 0 Å². The van der Waals surface area contributed by atoms with E-state index < -0.39 is 0 Å². The van der Waals surface area contributed by atoms with E-state index in [9.17, 15) is 0 Å². The normalized spacial score (nSPS) is 27.2. The van der Waals surface area contributed by atoms with Crippen LogP contribution in [0.2, 0.25) is 0 Å². The molecule has 2 heterocycles. The molecule has 2 atom stereocenters. The molecule has 2 fully saturated rings. The van der Waals surface area contributed by atoms with Gasteiger partial charge in [-0.1, -0.05) is 68.0 Å². The van der Waals surface area contributed by atoms with Crippen molar-refractivity contribution in [2.24, 2.45) is 0 Å². The summed E-state index contributed by atoms with van der Waals surface area (Å²) in [7, 11) is 2.33. The second-order valence-electron chi connectivity index (χ2n) is 8.65. The van der Waals surface area contributed by atoms with E-state index in [2.05, 4.69) is 74.3 Å². The van der Waals surface area contributed by atoms with Crippen LogP contribution in [-0.2, 0) is 5.41 Å². The minimum atomic E-state index is 0.0711. The lowest BCUT2D eigenvalue weighted by Crippen LogP contribution is -2.37. The summed E-state index contributed by atoms with van der Waals surface area (Å²) in [6.07, 6.45) is 5.22. The first-order valence-corrected chi connectivity index (χ1v) is 9.71. The van der Waals surface area contributed by atoms with Crippen molar-refractivity contribution >= 4 is 5.57 Å². The van der Waals surface area contributed by atoms with Gasteiger partial charge in [-0.3, -0.25) is 4.90 Å². The van der Waals surface area contributed by atoms with Gasteiger partial charge in [0.15, 0.2) is 0 Å². The van der Waals surface area contributed by atoms with Gasteiger partial charge in [0, 0.05) is 17.5 Å². The lowest BCUT2D eigenvalue weighted by molar-refractivity contribution is 0.210. The van der Waals surface area contributed by atoms with Crippen molar-refractivity contribution in [2.75, 3.05) is 7.05 Å². The third-order valence-corrected chi connectivity index (χ3v) is 7.04. The average molecular weight is 329 g/mol. The van der Waals surface area contributed by atoms with Gasteiger partial charge in [0.25, 0.3) is 0 Å². The van der Waals surface area contributed by atoms with E-state index in [1.165, 1.54) is 47.9 Å². The zero-order chi connectivity index (χ0) is 17.2. The van der Waals surface area contributed by atoms with Crippen LogP contribution < -0.4 is 0 Å². The summed E-state index contributed by atoms with van der Waals surface area (Å²) in [4.78, 5) is 2.63. The standard InChI is InChI=1S/C24H27N/c1-24(2)21-10-6-4-8-19(21)23(20-9-5-7-11-22(20)24)16-14-17-12-13-18(15-16)25(17)3/h4-11,17-18H,12-15H2,1-3H3/t17-,18+. The summed E-state index contributed by atoms with van der Waals surface area (Å²) < 4.78 is 0. The molecule has 0 saturated carbocycles. The second-order valence-corrected chi connectivity index (χ2v) is 8.65. The van der Waals surface area contributed by atoms with Gasteiger partial charge < -0.3 is 0 Å². The highest BCUT2D eigenvalue weighted by Crippen LogP contribution is 2.50. The molecule has 2 aliphatic heterocycles. The Balaban J connectivity index is 1.78. The van der Waals surface area contributed by atoms with Crippen molar-refractivity contribution in [1.29, 1.82) is 0 Å². The Labute approximate surface area is 151 Å². The minimum absolute atomic E-state index is 0.0711. The molecule has 0 spiro atoms. The zero-order valence-corrected chi connectivity index (χ0v) is 15.5. The maximum atomic E-state index is 2.63. The maximum absolute atomic E-state index is 2.63. The van der Waals surface area contributed by atoms with Crippen molar-refractivity contribution in [3.05, 3.63) is 76.4 Å². The van der Waals surface area contributed by atoms with Crippen molar-refractivity contribution in [1.82, 2.24) is 4.90 Å². The van der Waals surface area contributed by atoms with Gasteiger partial charge in [-0.25, -0.2) is 0 Å². The molecule has 1 aliphatic carbocycles. The molecule has 2 aromatic rings. The Kier molecular flexibility index (Phi) is 3.27. The quantitative estimate of drug-likeness (QED) is 0.627. The number of rotatable bonds is 0. The van der Waals surface area contributed by atoms with Gasteiger partial charge in [-0.15, -0.1) is 0 Å². The number of nitrogens with zero attached hydrogens (tertiary/aromatic N) is 1. The molecule has 1 heteroatoms. The van der Waals surface area contributed by atoms with Crippen LogP contribution in [0.15, 0.2) is 54.1 Å². The Morgan fingerprint density at radius 2 is 1.28 bits per heavy atom. The molecule has 2 bridgehead atoms. The van der Waals surface area contributed by atoms with Crippen LogP contribution in [0.4, 0.5) is 0 Å². The Morgan fingerprint density at radius 1 is 0.800 bits per heavy atom. The van der Waals surface area contributed by atoms with Crippen LogP contribution in [0.1, 0.15) is 61.8 Å². The Morgan fingerprint density at radius 3 is 1.80 bits per heavy atom. The van der Waals surface area contributed by atoms with Gasteiger partial charge in [0.05, 0.1) is 0 Å². The smallest absolute Gasteiger partial charge is 0.0158 e. The van der Waals surface area contributed by atoms with Crippen molar-refractivity contribution in [3.63, 3.8) is 0 Å². The molecule has 25 heavy (non-hydrogen) atoms. The number of fused-ring (bicyclic) bond motifs is 4. The summed E-state index contributed by atoms with van der Waals surface area (Å²) in [5, 5.41) is 0. The Hall–Kier alpha value is -1.86. The lowest BCUT2D eigenvalue weighted by Gasteiger charge is -2.40. The first kappa shape index (κ1) is 15.4. The molecule has 5 rings (SSSR count). The van der Waals surface area contributed by atoms with Crippen LogP contribution in [0, 0.1) is 0 Å². The molecule has 0 aromatic heterocycles. The van der Waals surface area contributed by atoms with E-state index in [-0.39, 0.29) is 5.41 Å². The highest BCUT2D eigenvalue weighted by Gasteiger charge is 2.40. The molecular formula is C24H27N. The predicted molar refractivity (Wildman–Crippen MR) is 105 cm³/mol. The fraction of sp³-hybridized carbons (Fsp3) is 0.417. The third kappa shape index (κ3) is 2.12. The van der Waals surface area contributed by atoms with E-state index in [0.29, 0.717) is 0 Å². The molecule has 3 aliphatic rings. The molecule has 2 saturated heterocycles. The van der Waals surface area contributed by atoms with E-state index >= 15 is 0 Å². The highest BCUT2D eigenvalue weighted by atomic mass is 15.2. The summed E-state index contributed by atoms with van der Waals surface area (Å²) in [6, 6.07) is 19.7. The first-order chi connectivity index (χ1) is 12.1. The van der Waals surface area contributed by atoms with Gasteiger partial charge in [0.2, 0.25) is 0 Å². The van der Waals surface area contributed by atoms with Gasteiger partial charge in [-0.2, -0.15) is 0 Å². The molecule has 0 amide bonds. The SMILES string of the molecule is CN1[C@@H]2CC[C@H]1CC(=C1c3ccccc3C(C)(C)c3ccccc31)C2. The highest BCUT2D eigenvalue weighted by molar-refractivity contribution is 5.89. The molecule has 128 valence electrons. The van der Waals surface area contributed by atoms with Gasteiger partial charge in [-0.05, 0) is 60.6 Å². The number of piperidine rings is 1. The van der Waals surface area contributed by atoms with Crippen molar-refractivity contribution in [2.45, 2.75) is 57.0 Å². The van der Waals surface area contributed by atoms with Gasteiger partial charge in [0.1, 0.15) is 0 Å². The average Bonchev–Trinajstić information content (AvgIpc) is 2.83. The first-order valence-electron chi connectivity index (χ1n) is 9.71. The van der Waals surface area contributed by atoms with Crippen molar-refractivity contribution < 1.29 is 0 Å². The van der Waals surface area contributed by atoms with E-state index in [1.807, 2.05) is 0 Å². The predicted octanol–water partition coefficient (Wildman–Crippen LogP) is 5.38. The topological polar surface area (TPSA) is 3.24 Å². The largest absolute Gasteiger partial charge is 0.300 e. The van der Waals surface area contributed by atoms with Crippen LogP contribution in [0.25, 0.3) is 5.57 Å². The van der Waals surface area contributed by atoms with E-state index in [0.717, 1.165) is 12.1 Å². The molecule has 0 radical (unpaired) electrons. The van der Waals surface area contributed by atoms with E-state index in [4.69, 9.17) is 0 Å². The number of hydrogen-bond donors (Lipinski definition) is 0. The molecule has 1 nitrogen and oxygen atoms in total. The van der Waals surface area contributed by atoms with Crippen LogP contribution in [-0.4, -0.2) is 24.0 Å². The summed E-state index contributed by atoms with van der Waals surface area (Å²) in [6.45, 7) is 4.76. The number of benzene rings is 2. The molecule has 0 N–H and O–H groups in total. The summed E-state index contributed by atoms with van der Waals surface area (Å²) in [5.41, 5.74) is 9.25. The summed E-state index contributed by atoms with van der Waals surface area (Å²) >= 11 is 0. The van der Waals surface area contributed by atoms with Crippen LogP contribution >= 0.6 is 0 Å². The third-order valence-electron chi connectivity index (χ3n) is 7.04. The Bertz CT molecular complexity index is 806. The molecule has 0 unspecified atom stereocenters. The van der Waals surface area contributed by atoms with Crippen LogP contribution in [0.5, 0.6) is 0 Å². The number of hydrogen-bond acceptors (Lipinski definition) is 1. The monoisotopic (exact) mass is 329 g/mol. The van der Waals surface area contributed by atoms with Gasteiger partial charge >= 0.3 is 0 Å². The molecular weight excluding hydrogens is 302 g/mol.